The molecule has 1 amide bonds. The van der Waals surface area contributed by atoms with E-state index in [-0.39, 0.29) is 28.5 Å². The van der Waals surface area contributed by atoms with E-state index in [0.29, 0.717) is 24.8 Å². The van der Waals surface area contributed by atoms with E-state index in [1.807, 2.05) is 0 Å². The van der Waals surface area contributed by atoms with Crippen molar-refractivity contribution in [3.8, 4) is 5.75 Å². The summed E-state index contributed by atoms with van der Waals surface area (Å²) in [6.45, 7) is 1.78. The van der Waals surface area contributed by atoms with Crippen molar-refractivity contribution >= 4 is 28.0 Å². The number of rotatable bonds is 5. The summed E-state index contributed by atoms with van der Waals surface area (Å²) in [5, 5.41) is 1.87. The molecule has 0 radical (unpaired) electrons. The van der Waals surface area contributed by atoms with Gasteiger partial charge in [-0.1, -0.05) is 0 Å². The minimum absolute atomic E-state index is 0.0270. The Labute approximate surface area is 202 Å². The average Bonchev–Trinajstić information content (AvgIpc) is 2.75. The number of fused-ring (bicyclic) bond motifs is 2. The van der Waals surface area contributed by atoms with E-state index in [1.165, 1.54) is 25.1 Å². The Morgan fingerprint density at radius 2 is 2.03 bits per heavy atom. The monoisotopic (exact) mass is 512 g/mol. The fourth-order valence-corrected chi connectivity index (χ4v) is 7.69. The molecule has 0 saturated carbocycles. The van der Waals surface area contributed by atoms with Crippen LogP contribution in [0.25, 0.3) is 0 Å². The third kappa shape index (κ3) is 4.13. The van der Waals surface area contributed by atoms with Gasteiger partial charge < -0.3 is 15.8 Å². The number of alkyl halides is 2. The summed E-state index contributed by atoms with van der Waals surface area (Å²) in [7, 11) is -3.27. The highest BCUT2D eigenvalue weighted by molar-refractivity contribution is 8.26. The van der Waals surface area contributed by atoms with Crippen molar-refractivity contribution < 1.29 is 31.8 Å². The first kappa shape index (κ1) is 25.3. The number of carbonyl (C=O) groups is 1. The fraction of sp³-hybridized carbons (Fsp3) is 0.435. The molecule has 0 spiro atoms. The first-order chi connectivity index (χ1) is 16.3. The number of aliphatic imine (C=N–C) groups is 1. The van der Waals surface area contributed by atoms with Gasteiger partial charge in [0.15, 0.2) is 0 Å². The maximum atomic E-state index is 15.1. The Hall–Kier alpha value is -2.83. The number of carbonyl (C=O) groups excluding carboxylic acids is 1. The number of hydrogen-bond acceptors (Lipinski definition) is 7. The maximum absolute atomic E-state index is 15.1. The van der Waals surface area contributed by atoms with E-state index >= 15 is 4.39 Å². The van der Waals surface area contributed by atoms with E-state index in [1.54, 1.807) is 13.8 Å². The number of nitrogens with one attached hydrogen (secondary N) is 1. The SMILES string of the molecule is Cc1cc(OC(F)F)cnc1C(=O)Nc1ccc(F)c([C@@]2(C)N=C(N)[C@@]3(C)CCC[C@@H]2S3(O)O)c1. The molecular formula is C23H27F3N4O4S. The first-order valence-electron chi connectivity index (χ1n) is 10.9. The van der Waals surface area contributed by atoms with E-state index < -0.39 is 44.5 Å². The molecule has 2 aromatic rings. The molecule has 0 aliphatic carbocycles. The van der Waals surface area contributed by atoms with E-state index in [0.717, 1.165) is 12.3 Å². The second kappa shape index (κ2) is 8.68. The molecule has 12 heteroatoms. The van der Waals surface area contributed by atoms with Gasteiger partial charge >= 0.3 is 6.61 Å². The molecule has 8 nitrogen and oxygen atoms in total. The van der Waals surface area contributed by atoms with Gasteiger partial charge in [0.05, 0.1) is 11.4 Å². The van der Waals surface area contributed by atoms with Crippen LogP contribution in [0.4, 0.5) is 18.9 Å². The molecule has 1 aromatic heterocycles. The fourth-order valence-electron chi connectivity index (χ4n) is 4.95. The number of halogens is 3. The van der Waals surface area contributed by atoms with Crippen molar-refractivity contribution in [2.24, 2.45) is 10.7 Å². The summed E-state index contributed by atoms with van der Waals surface area (Å²) in [6.07, 6.45) is 2.59. The van der Waals surface area contributed by atoms with Gasteiger partial charge in [0, 0.05) is 11.3 Å². The molecule has 2 bridgehead atoms. The summed E-state index contributed by atoms with van der Waals surface area (Å²) in [5.74, 6) is -1.39. The van der Waals surface area contributed by atoms with Crippen LogP contribution < -0.4 is 15.8 Å². The zero-order valence-corrected chi connectivity index (χ0v) is 20.2. The van der Waals surface area contributed by atoms with E-state index in [9.17, 15) is 22.7 Å². The van der Waals surface area contributed by atoms with Crippen LogP contribution in [0.3, 0.4) is 0 Å². The lowest BCUT2D eigenvalue weighted by atomic mass is 9.82. The van der Waals surface area contributed by atoms with Gasteiger partial charge in [0.25, 0.3) is 5.91 Å². The van der Waals surface area contributed by atoms with Gasteiger partial charge in [-0.25, -0.2) is 9.37 Å². The van der Waals surface area contributed by atoms with Crippen LogP contribution in [-0.4, -0.2) is 42.4 Å². The number of aryl methyl sites for hydroxylation is 1. The smallest absolute Gasteiger partial charge is 0.387 e. The molecule has 1 saturated heterocycles. The second-order valence-corrected chi connectivity index (χ2v) is 11.9. The minimum Gasteiger partial charge on any atom is -0.433 e. The molecule has 2 aliphatic rings. The van der Waals surface area contributed by atoms with Crippen molar-refractivity contribution in [3.63, 3.8) is 0 Å². The van der Waals surface area contributed by atoms with Gasteiger partial charge in [-0.2, -0.15) is 19.4 Å². The first-order valence-corrected chi connectivity index (χ1v) is 12.6. The van der Waals surface area contributed by atoms with Gasteiger partial charge in [0.2, 0.25) is 0 Å². The van der Waals surface area contributed by atoms with Crippen LogP contribution in [0.5, 0.6) is 5.75 Å². The number of hydrogen-bond donors (Lipinski definition) is 4. The number of ether oxygens (including phenoxy) is 1. The van der Waals surface area contributed by atoms with Gasteiger partial charge in [-0.3, -0.25) is 18.9 Å². The van der Waals surface area contributed by atoms with E-state index in [2.05, 4.69) is 20.0 Å². The number of amides is 1. The Morgan fingerprint density at radius 3 is 2.69 bits per heavy atom. The summed E-state index contributed by atoms with van der Waals surface area (Å²) < 4.78 is 65.5. The lowest BCUT2D eigenvalue weighted by Crippen LogP contribution is -2.60. The normalized spacial score (nSPS) is 28.3. The number of aromatic nitrogens is 1. The number of pyridine rings is 1. The number of amidine groups is 1. The molecule has 3 heterocycles. The predicted octanol–water partition coefficient (Wildman–Crippen LogP) is 5.03. The maximum Gasteiger partial charge on any atom is 0.387 e. The molecule has 4 rings (SSSR count). The molecule has 0 unspecified atom stereocenters. The van der Waals surface area contributed by atoms with Gasteiger partial charge in [0.1, 0.15) is 33.4 Å². The quantitative estimate of drug-likeness (QED) is 0.445. The summed E-state index contributed by atoms with van der Waals surface area (Å²) in [4.78, 5) is 21.3. The highest BCUT2D eigenvalue weighted by Crippen LogP contribution is 2.69. The largest absolute Gasteiger partial charge is 0.433 e. The molecule has 35 heavy (non-hydrogen) atoms. The minimum atomic E-state index is -3.27. The summed E-state index contributed by atoms with van der Waals surface area (Å²) in [5.41, 5.74) is 5.40. The summed E-state index contributed by atoms with van der Waals surface area (Å²) in [6, 6.07) is 5.16. The molecule has 1 aromatic carbocycles. The predicted molar refractivity (Wildman–Crippen MR) is 128 cm³/mol. The number of anilines is 1. The standard InChI is InChI=1S/C23H27F3N4O4S/c1-12-9-14(34-21(25)26)11-28-18(12)19(31)29-13-6-7-16(24)15(10-13)23(3)17-5-4-8-22(2,20(27)30-23)35(17,32)33/h6-7,9-11,17,21,32-33H,4-5,8H2,1-3H3,(H2,27,30)(H,29,31)/t17-,22+,23+/m0/s1. The third-order valence-electron chi connectivity index (χ3n) is 6.96. The highest BCUT2D eigenvalue weighted by Gasteiger charge is 2.60. The van der Waals surface area contributed by atoms with Crippen LogP contribution in [-0.2, 0) is 5.54 Å². The van der Waals surface area contributed by atoms with Crippen LogP contribution >= 0.6 is 10.6 Å². The van der Waals surface area contributed by atoms with Gasteiger partial charge in [-0.15, -0.1) is 0 Å². The highest BCUT2D eigenvalue weighted by atomic mass is 32.3. The third-order valence-corrected chi connectivity index (χ3v) is 10.2. The van der Waals surface area contributed by atoms with Crippen molar-refractivity contribution in [2.75, 3.05) is 5.32 Å². The van der Waals surface area contributed by atoms with Crippen LogP contribution in [0, 0.1) is 12.7 Å². The van der Waals surface area contributed by atoms with Crippen molar-refractivity contribution in [3.05, 3.63) is 53.1 Å². The van der Waals surface area contributed by atoms with Crippen LogP contribution in [0.1, 0.15) is 54.7 Å². The Balaban J connectivity index is 1.67. The molecule has 2 aliphatic heterocycles. The zero-order chi connectivity index (χ0) is 25.8. The number of nitrogens with two attached hydrogens (primary N) is 1. The van der Waals surface area contributed by atoms with Crippen LogP contribution in [0.15, 0.2) is 35.5 Å². The Bertz CT molecular complexity index is 1210. The lowest BCUT2D eigenvalue weighted by Gasteiger charge is -2.62. The topological polar surface area (TPSA) is 130 Å². The second-order valence-electron chi connectivity index (χ2n) is 9.21. The van der Waals surface area contributed by atoms with Crippen molar-refractivity contribution in [1.29, 1.82) is 0 Å². The van der Waals surface area contributed by atoms with Crippen molar-refractivity contribution in [2.45, 2.75) is 62.2 Å². The van der Waals surface area contributed by atoms with Gasteiger partial charge in [-0.05, 0) is 69.9 Å². The average molecular weight is 513 g/mol. The molecular weight excluding hydrogens is 485 g/mol. The Morgan fingerprint density at radius 1 is 1.31 bits per heavy atom. The van der Waals surface area contributed by atoms with Crippen molar-refractivity contribution in [1.82, 2.24) is 4.98 Å². The lowest BCUT2D eigenvalue weighted by molar-refractivity contribution is -0.0501. The molecule has 190 valence electrons. The van der Waals surface area contributed by atoms with Crippen LogP contribution in [0.2, 0.25) is 0 Å². The Kier molecular flexibility index (Phi) is 6.27. The molecule has 5 N–H and O–H groups in total. The molecule has 1 fully saturated rings. The summed E-state index contributed by atoms with van der Waals surface area (Å²) >= 11 is 0. The zero-order valence-electron chi connectivity index (χ0n) is 19.4. The number of benzene rings is 1. The van der Waals surface area contributed by atoms with E-state index in [4.69, 9.17) is 5.73 Å². The number of nitrogens with zero attached hydrogens (tertiary/aromatic N) is 2. The molecule has 3 atom stereocenters.